The van der Waals surface area contributed by atoms with Crippen molar-refractivity contribution in [1.82, 2.24) is 0 Å². The Morgan fingerprint density at radius 2 is 1.73 bits per heavy atom. The lowest BCUT2D eigenvalue weighted by Gasteiger charge is -2.09. The molecule has 0 bridgehead atoms. The van der Waals surface area contributed by atoms with E-state index in [0.29, 0.717) is 0 Å². The first kappa shape index (κ1) is 13.5. The fourth-order valence-electron chi connectivity index (χ4n) is 3.05. The van der Waals surface area contributed by atoms with Gasteiger partial charge in [-0.25, -0.2) is 0 Å². The fraction of sp³-hybridized carbons (Fsp3) is 0.143. The molecule has 0 fully saturated rings. The van der Waals surface area contributed by atoms with Gasteiger partial charge in [0.15, 0.2) is 0 Å². The van der Waals surface area contributed by atoms with Crippen LogP contribution in [0.4, 0.5) is 0 Å². The molecule has 0 saturated carbocycles. The monoisotopic (exact) mass is 302 g/mol. The Hall–Kier alpha value is -2.12. The van der Waals surface area contributed by atoms with E-state index < -0.39 is 0 Å². The van der Waals surface area contributed by atoms with E-state index in [1.54, 1.807) is 0 Å². The molecule has 1 heteroatoms. The van der Waals surface area contributed by atoms with Crippen LogP contribution in [-0.4, -0.2) is 0 Å². The van der Waals surface area contributed by atoms with Crippen molar-refractivity contribution in [2.45, 2.75) is 20.3 Å². The van der Waals surface area contributed by atoms with Crippen molar-refractivity contribution >= 4 is 37.1 Å². The highest BCUT2D eigenvalue weighted by Crippen LogP contribution is 2.36. The van der Waals surface area contributed by atoms with Crippen LogP contribution < -0.4 is 0 Å². The van der Waals surface area contributed by atoms with E-state index in [1.807, 2.05) is 11.3 Å². The van der Waals surface area contributed by atoms with Gasteiger partial charge in [-0.05, 0) is 54.7 Å². The molecule has 1 aliphatic carbocycles. The number of hydrogen-bond acceptors (Lipinski definition) is 1. The first-order valence-electron chi connectivity index (χ1n) is 7.71. The minimum Gasteiger partial charge on any atom is -0.135 e. The summed E-state index contributed by atoms with van der Waals surface area (Å²) in [5.74, 6) is 0. The summed E-state index contributed by atoms with van der Waals surface area (Å²) in [5, 5.41) is 2.75. The topological polar surface area (TPSA) is 0 Å². The number of rotatable bonds is 1. The molecule has 0 N–H and O–H groups in total. The van der Waals surface area contributed by atoms with Gasteiger partial charge < -0.3 is 0 Å². The lowest BCUT2D eigenvalue weighted by Crippen LogP contribution is -1.88. The van der Waals surface area contributed by atoms with Crippen molar-refractivity contribution in [3.8, 4) is 0 Å². The van der Waals surface area contributed by atoms with Crippen LogP contribution in [0.5, 0.6) is 0 Å². The second-order valence-corrected chi connectivity index (χ2v) is 6.96. The average molecular weight is 302 g/mol. The first-order chi connectivity index (χ1) is 10.7. The Kier molecular flexibility index (Phi) is 3.24. The molecule has 0 amide bonds. The van der Waals surface area contributed by atoms with Crippen molar-refractivity contribution in [3.05, 3.63) is 77.4 Å². The number of fused-ring (bicyclic) bond motifs is 3. The van der Waals surface area contributed by atoms with Crippen LogP contribution >= 0.6 is 11.3 Å². The molecule has 0 unspecified atom stereocenters. The molecule has 0 radical (unpaired) electrons. The summed E-state index contributed by atoms with van der Waals surface area (Å²) >= 11 is 1.90. The molecule has 3 aromatic rings. The summed E-state index contributed by atoms with van der Waals surface area (Å²) in [6.45, 7) is 4.26. The second kappa shape index (κ2) is 5.26. The van der Waals surface area contributed by atoms with Gasteiger partial charge in [-0.15, -0.1) is 11.3 Å². The van der Waals surface area contributed by atoms with Gasteiger partial charge in [0, 0.05) is 20.2 Å². The van der Waals surface area contributed by atoms with Crippen LogP contribution in [-0.2, 0) is 0 Å². The summed E-state index contributed by atoms with van der Waals surface area (Å²) in [4.78, 5) is 0. The van der Waals surface area contributed by atoms with Gasteiger partial charge in [-0.2, -0.15) is 0 Å². The maximum absolute atomic E-state index is 2.34. The van der Waals surface area contributed by atoms with Gasteiger partial charge in [-0.3, -0.25) is 0 Å². The van der Waals surface area contributed by atoms with Gasteiger partial charge >= 0.3 is 0 Å². The predicted octanol–water partition coefficient (Wildman–Crippen LogP) is 6.65. The summed E-state index contributed by atoms with van der Waals surface area (Å²) in [6, 6.07) is 13.6. The van der Waals surface area contributed by atoms with E-state index >= 15 is 0 Å². The van der Waals surface area contributed by atoms with E-state index in [4.69, 9.17) is 0 Å². The third-order valence-electron chi connectivity index (χ3n) is 4.37. The van der Waals surface area contributed by atoms with Crippen molar-refractivity contribution in [2.24, 2.45) is 0 Å². The first-order valence-corrected chi connectivity index (χ1v) is 8.53. The Morgan fingerprint density at radius 3 is 2.45 bits per heavy atom. The highest BCUT2D eigenvalue weighted by molar-refractivity contribution is 7.25. The van der Waals surface area contributed by atoms with Crippen LogP contribution in [0.1, 0.15) is 24.5 Å². The third-order valence-corrected chi connectivity index (χ3v) is 5.48. The number of allylic oxidation sites excluding steroid dienone is 6. The molecule has 1 heterocycles. The summed E-state index contributed by atoms with van der Waals surface area (Å²) in [5.41, 5.74) is 5.38. The zero-order valence-corrected chi connectivity index (χ0v) is 13.7. The largest absolute Gasteiger partial charge is 0.135 e. The van der Waals surface area contributed by atoms with E-state index in [2.05, 4.69) is 74.5 Å². The van der Waals surface area contributed by atoms with E-state index in [1.165, 1.54) is 42.4 Å². The molecule has 0 nitrogen and oxygen atoms in total. The Bertz CT molecular complexity index is 964. The zero-order chi connectivity index (χ0) is 15.1. The predicted molar refractivity (Wildman–Crippen MR) is 99.6 cm³/mol. The number of hydrogen-bond donors (Lipinski definition) is 0. The Labute approximate surface area is 135 Å². The van der Waals surface area contributed by atoms with Crippen LogP contribution in [0, 0.1) is 6.92 Å². The third kappa shape index (κ3) is 2.22. The van der Waals surface area contributed by atoms with Gasteiger partial charge in [0.1, 0.15) is 0 Å². The SMILES string of the molecule is C/C=C1/C=CC(c2ccc3c(c2)sc2cc(C)ccc23)=CC1. The molecular weight excluding hydrogens is 284 g/mol. The number of thiophene rings is 1. The molecule has 0 spiro atoms. The molecule has 108 valence electrons. The molecular formula is C21H18S. The highest BCUT2D eigenvalue weighted by atomic mass is 32.1. The molecule has 0 atom stereocenters. The number of benzene rings is 2. The van der Waals surface area contributed by atoms with E-state index in [-0.39, 0.29) is 0 Å². The lowest BCUT2D eigenvalue weighted by molar-refractivity contribution is 1.25. The van der Waals surface area contributed by atoms with Gasteiger partial charge in [-0.1, -0.05) is 48.6 Å². The second-order valence-electron chi connectivity index (χ2n) is 5.87. The highest BCUT2D eigenvalue weighted by Gasteiger charge is 2.08. The normalized spacial score (nSPS) is 16.6. The van der Waals surface area contributed by atoms with Crippen LogP contribution in [0.15, 0.2) is 66.3 Å². The number of aryl methyl sites for hydroxylation is 1. The maximum Gasteiger partial charge on any atom is 0.0361 e. The lowest BCUT2D eigenvalue weighted by atomic mass is 9.96. The quantitative estimate of drug-likeness (QED) is 0.472. The minimum atomic E-state index is 1.03. The molecule has 0 saturated heterocycles. The van der Waals surface area contributed by atoms with Crippen molar-refractivity contribution in [3.63, 3.8) is 0 Å². The maximum atomic E-state index is 2.34. The Balaban J connectivity index is 1.83. The van der Waals surface area contributed by atoms with Crippen molar-refractivity contribution in [1.29, 1.82) is 0 Å². The summed E-state index contributed by atoms with van der Waals surface area (Å²) < 4.78 is 2.76. The van der Waals surface area contributed by atoms with Crippen LogP contribution in [0.25, 0.3) is 25.7 Å². The Morgan fingerprint density at radius 1 is 0.955 bits per heavy atom. The minimum absolute atomic E-state index is 1.03. The van der Waals surface area contributed by atoms with Crippen LogP contribution in [0.2, 0.25) is 0 Å². The standard InChI is InChI=1S/C21H18S/c1-3-15-5-7-16(8-6-15)17-9-11-19-18-10-4-14(2)12-20(18)22-21(19)13-17/h3-5,7-13H,6H2,1-2H3/b15-3-. The smallest absolute Gasteiger partial charge is 0.0361 e. The summed E-state index contributed by atoms with van der Waals surface area (Å²) in [7, 11) is 0. The van der Waals surface area contributed by atoms with Gasteiger partial charge in [0.25, 0.3) is 0 Å². The van der Waals surface area contributed by atoms with E-state index in [0.717, 1.165) is 6.42 Å². The molecule has 4 rings (SSSR count). The molecule has 1 aliphatic rings. The fourth-order valence-corrected chi connectivity index (χ4v) is 4.30. The van der Waals surface area contributed by atoms with Crippen molar-refractivity contribution in [2.75, 3.05) is 0 Å². The van der Waals surface area contributed by atoms with Crippen molar-refractivity contribution < 1.29 is 0 Å². The zero-order valence-electron chi connectivity index (χ0n) is 12.9. The van der Waals surface area contributed by atoms with Gasteiger partial charge in [0.2, 0.25) is 0 Å². The van der Waals surface area contributed by atoms with E-state index in [9.17, 15) is 0 Å². The molecule has 1 aromatic heterocycles. The average Bonchev–Trinajstić information content (AvgIpc) is 2.91. The molecule has 0 aliphatic heterocycles. The van der Waals surface area contributed by atoms with Gasteiger partial charge in [0.05, 0.1) is 0 Å². The summed E-state index contributed by atoms with van der Waals surface area (Å²) in [6.07, 6.45) is 10.0. The van der Waals surface area contributed by atoms with Crippen LogP contribution in [0.3, 0.4) is 0 Å². The molecule has 22 heavy (non-hydrogen) atoms. The molecule has 2 aromatic carbocycles.